The molecule has 0 radical (unpaired) electrons. The van der Waals surface area contributed by atoms with Gasteiger partial charge in [-0.3, -0.25) is 0 Å². The first kappa shape index (κ1) is 26.5. The molecular formula is C41H39NSi. The largest absolute Gasteiger partial charge is 0.341 e. The molecule has 2 aliphatic carbocycles. The second kappa shape index (κ2) is 9.96. The van der Waals surface area contributed by atoms with Gasteiger partial charge >= 0.3 is 0 Å². The number of hydrogen-bond acceptors (Lipinski definition) is 1. The molecule has 2 atom stereocenters. The standard InChI is InChI=1S/C41H39NSi/c1-27-26-36-35(22-12-24-38(36)42-25-13-17-30-15-6-10-23-37(30)42)40(27)43(3,4)41-28(2)39(33-19-8-9-20-34(33)41)32-21-11-16-29-14-5-7-18-31(29)32/h5-12,14-16,18-24,26,40-41H,13,17,25H2,1-4H3. The van der Waals surface area contributed by atoms with E-state index >= 15 is 0 Å². The van der Waals surface area contributed by atoms with E-state index in [2.05, 4.69) is 147 Å². The lowest BCUT2D eigenvalue weighted by atomic mass is 9.93. The fourth-order valence-corrected chi connectivity index (χ4v) is 14.0. The van der Waals surface area contributed by atoms with Gasteiger partial charge in [-0.15, -0.1) is 0 Å². The Labute approximate surface area is 257 Å². The molecule has 0 aromatic heterocycles. The second-order valence-corrected chi connectivity index (χ2v) is 18.2. The van der Waals surface area contributed by atoms with E-state index in [0.29, 0.717) is 11.1 Å². The molecule has 5 aromatic rings. The minimum atomic E-state index is -2.00. The molecule has 1 heterocycles. The van der Waals surface area contributed by atoms with E-state index in [1.165, 1.54) is 74.0 Å². The quantitative estimate of drug-likeness (QED) is 0.193. The highest BCUT2D eigenvalue weighted by atomic mass is 28.3. The lowest BCUT2D eigenvalue weighted by molar-refractivity contribution is 0.766. The van der Waals surface area contributed by atoms with E-state index in [4.69, 9.17) is 0 Å². The molecule has 8 rings (SSSR count). The molecule has 0 spiro atoms. The molecule has 0 N–H and O–H groups in total. The molecule has 5 aromatic carbocycles. The third-order valence-corrected chi connectivity index (χ3v) is 15.1. The Morgan fingerprint density at radius 2 is 1.33 bits per heavy atom. The number of aryl methyl sites for hydroxylation is 1. The number of benzene rings is 5. The Morgan fingerprint density at radius 1 is 0.651 bits per heavy atom. The van der Waals surface area contributed by atoms with Gasteiger partial charge < -0.3 is 4.90 Å². The highest BCUT2D eigenvalue weighted by Gasteiger charge is 2.48. The van der Waals surface area contributed by atoms with Crippen molar-refractivity contribution in [3.8, 4) is 0 Å². The normalized spacial score (nSPS) is 19.3. The minimum absolute atomic E-state index is 0.455. The van der Waals surface area contributed by atoms with Crippen molar-refractivity contribution in [2.24, 2.45) is 0 Å². The summed E-state index contributed by atoms with van der Waals surface area (Å²) in [5, 5.41) is 2.66. The van der Waals surface area contributed by atoms with Crippen LogP contribution in [0, 0.1) is 0 Å². The fraction of sp³-hybridized carbons (Fsp3) is 0.220. The van der Waals surface area contributed by atoms with Crippen LogP contribution in [0.2, 0.25) is 13.1 Å². The summed E-state index contributed by atoms with van der Waals surface area (Å²) in [5.74, 6) is 0. The molecule has 1 aliphatic heterocycles. The van der Waals surface area contributed by atoms with Crippen molar-refractivity contribution in [3.63, 3.8) is 0 Å². The zero-order valence-electron chi connectivity index (χ0n) is 25.7. The topological polar surface area (TPSA) is 3.24 Å². The van der Waals surface area contributed by atoms with Crippen LogP contribution in [-0.4, -0.2) is 14.6 Å². The summed E-state index contributed by atoms with van der Waals surface area (Å²) in [6, 6.07) is 41.1. The summed E-state index contributed by atoms with van der Waals surface area (Å²) in [7, 11) is -2.00. The monoisotopic (exact) mass is 573 g/mol. The van der Waals surface area contributed by atoms with Gasteiger partial charge in [0.05, 0.1) is 8.07 Å². The van der Waals surface area contributed by atoms with Gasteiger partial charge in [0.1, 0.15) is 0 Å². The molecule has 0 saturated carbocycles. The zero-order valence-corrected chi connectivity index (χ0v) is 26.7. The Kier molecular flexibility index (Phi) is 6.13. The summed E-state index contributed by atoms with van der Waals surface area (Å²) in [4.78, 5) is 2.59. The fourth-order valence-electron chi connectivity index (χ4n) is 9.04. The summed E-state index contributed by atoms with van der Waals surface area (Å²) in [5.41, 5.74) is 17.0. The molecule has 212 valence electrons. The third kappa shape index (κ3) is 3.96. The first-order chi connectivity index (χ1) is 20.9. The number of fused-ring (bicyclic) bond motifs is 4. The molecule has 0 amide bonds. The van der Waals surface area contributed by atoms with Crippen LogP contribution in [0.4, 0.5) is 11.4 Å². The molecule has 2 unspecified atom stereocenters. The summed E-state index contributed by atoms with van der Waals surface area (Å²) in [6.45, 7) is 11.2. The van der Waals surface area contributed by atoms with Crippen LogP contribution in [-0.2, 0) is 6.42 Å². The van der Waals surface area contributed by atoms with Crippen LogP contribution < -0.4 is 4.90 Å². The maximum Gasteiger partial charge on any atom is 0.0722 e. The molecule has 0 fully saturated rings. The lowest BCUT2D eigenvalue weighted by Gasteiger charge is -2.39. The summed E-state index contributed by atoms with van der Waals surface area (Å²) in [6.07, 6.45) is 4.91. The first-order valence-corrected chi connectivity index (χ1v) is 19.1. The van der Waals surface area contributed by atoms with E-state index in [-0.39, 0.29) is 0 Å². The Balaban J connectivity index is 1.27. The van der Waals surface area contributed by atoms with E-state index in [1.807, 2.05) is 0 Å². The van der Waals surface area contributed by atoms with Crippen LogP contribution >= 0.6 is 0 Å². The highest BCUT2D eigenvalue weighted by Crippen LogP contribution is 2.56. The van der Waals surface area contributed by atoms with Crippen LogP contribution in [0.3, 0.4) is 0 Å². The molecule has 2 heteroatoms. The Hall–Kier alpha value is -4.14. The van der Waals surface area contributed by atoms with Crippen molar-refractivity contribution in [1.82, 2.24) is 0 Å². The molecule has 0 bridgehead atoms. The van der Waals surface area contributed by atoms with Gasteiger partial charge in [-0.05, 0) is 83.0 Å². The van der Waals surface area contributed by atoms with Crippen LogP contribution in [0.1, 0.15) is 64.7 Å². The number of rotatable bonds is 4. The van der Waals surface area contributed by atoms with Gasteiger partial charge in [0.25, 0.3) is 0 Å². The van der Waals surface area contributed by atoms with Gasteiger partial charge in [0, 0.05) is 34.6 Å². The molecule has 43 heavy (non-hydrogen) atoms. The highest BCUT2D eigenvalue weighted by molar-refractivity contribution is 6.82. The van der Waals surface area contributed by atoms with Crippen molar-refractivity contribution in [3.05, 3.63) is 154 Å². The maximum absolute atomic E-state index is 2.66. The molecule has 1 nitrogen and oxygen atoms in total. The van der Waals surface area contributed by atoms with Crippen molar-refractivity contribution in [2.75, 3.05) is 11.4 Å². The lowest BCUT2D eigenvalue weighted by Crippen LogP contribution is -2.42. The SMILES string of the molecule is CC1=Cc2c(cccc2N2CCCc3ccccc32)C1[Si](C)(C)C1C(C)=C(c2cccc3ccccc23)c2ccccc21. The summed E-state index contributed by atoms with van der Waals surface area (Å²) < 4.78 is 0. The third-order valence-electron chi connectivity index (χ3n) is 10.6. The average Bonchev–Trinajstić information content (AvgIpc) is 3.54. The predicted octanol–water partition coefficient (Wildman–Crippen LogP) is 10.8. The van der Waals surface area contributed by atoms with Gasteiger partial charge in [0.2, 0.25) is 0 Å². The van der Waals surface area contributed by atoms with E-state index < -0.39 is 8.07 Å². The zero-order chi connectivity index (χ0) is 29.3. The molecule has 3 aliphatic rings. The Bertz CT molecular complexity index is 1970. The number of allylic oxidation sites excluding steroid dienone is 2. The second-order valence-electron chi connectivity index (χ2n) is 13.4. The summed E-state index contributed by atoms with van der Waals surface area (Å²) >= 11 is 0. The Morgan fingerprint density at radius 3 is 2.23 bits per heavy atom. The van der Waals surface area contributed by atoms with E-state index in [1.54, 1.807) is 11.1 Å². The van der Waals surface area contributed by atoms with Gasteiger partial charge in [-0.25, -0.2) is 0 Å². The van der Waals surface area contributed by atoms with Gasteiger partial charge in [0.15, 0.2) is 0 Å². The molecular weight excluding hydrogens is 535 g/mol. The van der Waals surface area contributed by atoms with E-state index in [0.717, 1.165) is 6.54 Å². The van der Waals surface area contributed by atoms with Crippen LogP contribution in [0.25, 0.3) is 22.4 Å². The van der Waals surface area contributed by atoms with Crippen molar-refractivity contribution in [1.29, 1.82) is 0 Å². The van der Waals surface area contributed by atoms with Gasteiger partial charge in [-0.2, -0.15) is 0 Å². The number of hydrogen-bond donors (Lipinski definition) is 0. The van der Waals surface area contributed by atoms with Crippen molar-refractivity contribution < 1.29 is 0 Å². The minimum Gasteiger partial charge on any atom is -0.341 e. The molecule has 0 saturated heterocycles. The van der Waals surface area contributed by atoms with E-state index in [9.17, 15) is 0 Å². The van der Waals surface area contributed by atoms with Crippen LogP contribution in [0.5, 0.6) is 0 Å². The predicted molar refractivity (Wildman–Crippen MR) is 187 cm³/mol. The maximum atomic E-state index is 2.66. The van der Waals surface area contributed by atoms with Crippen LogP contribution in [0.15, 0.2) is 120 Å². The number of para-hydroxylation sites is 1. The van der Waals surface area contributed by atoms with Gasteiger partial charge in [-0.1, -0.05) is 127 Å². The van der Waals surface area contributed by atoms with Crippen molar-refractivity contribution in [2.45, 2.75) is 50.9 Å². The average molecular weight is 574 g/mol. The smallest absolute Gasteiger partial charge is 0.0722 e. The van der Waals surface area contributed by atoms with Crippen molar-refractivity contribution >= 4 is 41.9 Å². The number of anilines is 2. The number of nitrogens with zero attached hydrogens (tertiary/aromatic N) is 1. The first-order valence-electron chi connectivity index (χ1n) is 15.9.